The lowest BCUT2D eigenvalue weighted by molar-refractivity contribution is 0.661. The van der Waals surface area contributed by atoms with E-state index in [9.17, 15) is 0 Å². The van der Waals surface area contributed by atoms with Gasteiger partial charge in [-0.25, -0.2) is 4.98 Å². The highest BCUT2D eigenvalue weighted by Gasteiger charge is 2.47. The van der Waals surface area contributed by atoms with Crippen LogP contribution in [0.15, 0.2) is 96.9 Å². The molecule has 1 aliphatic carbocycles. The molecule has 8 rings (SSSR count). The fraction of sp³-hybridized carbons (Fsp3) is 0.194. The zero-order valence-electron chi connectivity index (χ0n) is 23.8. The van der Waals surface area contributed by atoms with Gasteiger partial charge in [-0.05, 0) is 86.9 Å². The van der Waals surface area contributed by atoms with Crippen molar-refractivity contribution in [3.63, 3.8) is 0 Å². The van der Waals surface area contributed by atoms with E-state index in [0.717, 1.165) is 17.6 Å². The summed E-state index contributed by atoms with van der Waals surface area (Å²) in [5, 5.41) is 0. The molecule has 2 aliphatic heterocycles. The fourth-order valence-electron chi connectivity index (χ4n) is 7.90. The van der Waals surface area contributed by atoms with Crippen molar-refractivity contribution < 1.29 is 0 Å². The Morgan fingerprint density at radius 2 is 1.68 bits per heavy atom. The lowest BCUT2D eigenvalue weighted by atomic mass is 9.31. The molecule has 0 atom stereocenters. The number of benzene rings is 4. The Hall–Kier alpha value is -4.31. The normalized spacial score (nSPS) is 17.2. The summed E-state index contributed by atoms with van der Waals surface area (Å²) in [4.78, 5) is 7.33. The van der Waals surface area contributed by atoms with E-state index in [1.165, 1.54) is 72.2 Å². The van der Waals surface area contributed by atoms with E-state index in [4.69, 9.17) is 11.6 Å². The Labute approximate surface area is 236 Å². The summed E-state index contributed by atoms with van der Waals surface area (Å²) in [6, 6.07) is 26.9. The summed E-state index contributed by atoms with van der Waals surface area (Å²) in [5.41, 5.74) is 19.3. The predicted octanol–water partition coefficient (Wildman–Crippen LogP) is 6.93. The van der Waals surface area contributed by atoms with Gasteiger partial charge in [-0.2, -0.15) is 0 Å². The fourth-order valence-corrected chi connectivity index (χ4v) is 7.90. The molecule has 0 saturated carbocycles. The molecule has 3 heterocycles. The lowest BCUT2D eigenvalue weighted by Gasteiger charge is -2.41. The highest BCUT2D eigenvalue weighted by atomic mass is 15.1. The third-order valence-corrected chi connectivity index (χ3v) is 9.83. The largest absolute Gasteiger partial charge is 0.346 e. The first-order valence-corrected chi connectivity index (χ1v) is 14.3. The second kappa shape index (κ2) is 7.88. The molecule has 0 spiro atoms. The maximum absolute atomic E-state index is 5.03. The highest BCUT2D eigenvalue weighted by molar-refractivity contribution is 6.97. The van der Waals surface area contributed by atoms with Crippen LogP contribution in [-0.4, -0.2) is 23.3 Å². The zero-order chi connectivity index (χ0) is 27.5. The van der Waals surface area contributed by atoms with E-state index in [1.54, 1.807) is 0 Å². The second-order valence-corrected chi connectivity index (χ2v) is 12.1. The first-order valence-electron chi connectivity index (χ1n) is 14.3. The number of hydrogen-bond donors (Lipinski definition) is 0. The van der Waals surface area contributed by atoms with Crippen molar-refractivity contribution in [1.82, 2.24) is 9.55 Å². The molecule has 5 aromatic rings. The summed E-state index contributed by atoms with van der Waals surface area (Å²) in [6.45, 7) is 14.1. The molecular formula is C36H32BN3. The van der Waals surface area contributed by atoms with E-state index in [2.05, 4.69) is 117 Å². The molecule has 3 nitrogen and oxygen atoms in total. The molecule has 0 unspecified atom stereocenters. The van der Waals surface area contributed by atoms with Crippen LogP contribution in [0.2, 0.25) is 0 Å². The van der Waals surface area contributed by atoms with Crippen LogP contribution in [0.25, 0.3) is 33.4 Å². The van der Waals surface area contributed by atoms with Gasteiger partial charge in [-0.1, -0.05) is 81.9 Å². The molecule has 0 bridgehead atoms. The van der Waals surface area contributed by atoms with Crippen LogP contribution in [0.5, 0.6) is 0 Å². The molecule has 40 heavy (non-hydrogen) atoms. The number of anilines is 1. The lowest BCUT2D eigenvalue weighted by Crippen LogP contribution is -2.56. The number of imidazole rings is 1. The first kappa shape index (κ1) is 23.6. The van der Waals surface area contributed by atoms with Gasteiger partial charge < -0.3 is 4.90 Å². The van der Waals surface area contributed by atoms with Gasteiger partial charge in [-0.15, -0.1) is 0 Å². The molecule has 1 aromatic heterocycles. The Morgan fingerprint density at radius 3 is 2.48 bits per heavy atom. The average molecular weight is 517 g/mol. The van der Waals surface area contributed by atoms with Crippen LogP contribution in [0.4, 0.5) is 5.69 Å². The summed E-state index contributed by atoms with van der Waals surface area (Å²) >= 11 is 0. The Kier molecular flexibility index (Phi) is 4.64. The van der Waals surface area contributed by atoms with E-state index >= 15 is 0 Å². The van der Waals surface area contributed by atoms with Crippen molar-refractivity contribution in [2.24, 2.45) is 0 Å². The number of aryl methyl sites for hydroxylation is 1. The molecule has 194 valence electrons. The van der Waals surface area contributed by atoms with Crippen LogP contribution in [-0.2, 0) is 5.41 Å². The molecule has 4 aromatic carbocycles. The number of nitrogens with zero attached hydrogens (tertiary/aromatic N) is 3. The quantitative estimate of drug-likeness (QED) is 0.237. The van der Waals surface area contributed by atoms with E-state index < -0.39 is 0 Å². The van der Waals surface area contributed by atoms with E-state index in [0.29, 0.717) is 0 Å². The monoisotopic (exact) mass is 517 g/mol. The predicted molar refractivity (Wildman–Crippen MR) is 170 cm³/mol. The number of fused-ring (bicyclic) bond motifs is 6. The minimum Gasteiger partial charge on any atom is -0.346 e. The average Bonchev–Trinajstić information content (AvgIpc) is 3.49. The van der Waals surface area contributed by atoms with E-state index in [1.807, 2.05) is 6.33 Å². The number of likely N-dealkylation sites (N-methyl/N-ethyl adjacent to an activating group) is 1. The summed E-state index contributed by atoms with van der Waals surface area (Å²) in [5.74, 6) is 0. The maximum Gasteiger partial charge on any atom is 0.253 e. The van der Waals surface area contributed by atoms with Crippen LogP contribution in [0.1, 0.15) is 49.4 Å². The third kappa shape index (κ3) is 2.74. The number of hydrogen-bond acceptors (Lipinski definition) is 2. The van der Waals surface area contributed by atoms with Crippen molar-refractivity contribution in [3.8, 4) is 16.8 Å². The van der Waals surface area contributed by atoms with Gasteiger partial charge in [0, 0.05) is 29.5 Å². The Bertz CT molecular complexity index is 1970. The van der Waals surface area contributed by atoms with Gasteiger partial charge in [0.25, 0.3) is 6.71 Å². The van der Waals surface area contributed by atoms with Gasteiger partial charge >= 0.3 is 0 Å². The number of rotatable bonds is 2. The Balaban J connectivity index is 1.60. The topological polar surface area (TPSA) is 21.1 Å². The van der Waals surface area contributed by atoms with Gasteiger partial charge in [-0.3, -0.25) is 4.57 Å². The minimum absolute atomic E-state index is 0.0630. The molecule has 0 amide bonds. The summed E-state index contributed by atoms with van der Waals surface area (Å²) in [7, 11) is 2.17. The van der Waals surface area contributed by atoms with Crippen LogP contribution in [0.3, 0.4) is 0 Å². The van der Waals surface area contributed by atoms with Crippen molar-refractivity contribution >= 4 is 39.9 Å². The van der Waals surface area contributed by atoms with Crippen molar-refractivity contribution in [2.75, 3.05) is 11.9 Å². The van der Waals surface area contributed by atoms with Crippen molar-refractivity contribution in [3.05, 3.63) is 119 Å². The van der Waals surface area contributed by atoms with E-state index in [-0.39, 0.29) is 12.1 Å². The molecule has 3 aliphatic rings. The number of aromatic nitrogens is 2. The smallest absolute Gasteiger partial charge is 0.253 e. The van der Waals surface area contributed by atoms with Crippen molar-refractivity contribution in [2.45, 2.75) is 39.5 Å². The molecule has 0 saturated heterocycles. The van der Waals surface area contributed by atoms with Gasteiger partial charge in [0.05, 0.1) is 11.0 Å². The molecular weight excluding hydrogens is 485 g/mol. The Morgan fingerprint density at radius 1 is 0.925 bits per heavy atom. The van der Waals surface area contributed by atoms with Gasteiger partial charge in [0.15, 0.2) is 0 Å². The van der Waals surface area contributed by atoms with Crippen molar-refractivity contribution in [1.29, 1.82) is 0 Å². The van der Waals surface area contributed by atoms with Gasteiger partial charge in [0.2, 0.25) is 0 Å². The van der Waals surface area contributed by atoms with Gasteiger partial charge in [0.1, 0.15) is 6.33 Å². The maximum atomic E-state index is 5.03. The standard InChI is InChI=1S/C36H32BN3/c1-7-23(24-14-9-8-13-21(24)2)32-22(3)39(6)29-17-12-18-30-33(29)37(32)34-31-25-15-10-11-16-26(25)36(4,5)27(31)19-28-35(34)40(30)20-38-28/h8-20H,3,7H2,1-2,4-6H3/b32-23-. The summed E-state index contributed by atoms with van der Waals surface area (Å²) in [6.07, 6.45) is 2.96. The SMILES string of the molecule is C=C1/C(=C(\CC)c2ccccc2C)B2c3c(cccc3-n3cnc4cc5c(c2c43)-c2ccccc2C5(C)C)N1C. The summed E-state index contributed by atoms with van der Waals surface area (Å²) < 4.78 is 2.34. The minimum atomic E-state index is -0.101. The van der Waals surface area contributed by atoms with Crippen LogP contribution >= 0.6 is 0 Å². The third-order valence-electron chi connectivity index (χ3n) is 9.83. The molecule has 0 fully saturated rings. The van der Waals surface area contributed by atoms with Crippen LogP contribution in [0, 0.1) is 6.92 Å². The molecule has 0 radical (unpaired) electrons. The number of allylic oxidation sites excluding steroid dienone is 2. The zero-order valence-corrected chi connectivity index (χ0v) is 23.8. The van der Waals surface area contributed by atoms with Crippen LogP contribution < -0.4 is 15.8 Å². The second-order valence-electron chi connectivity index (χ2n) is 12.1. The highest BCUT2D eigenvalue weighted by Crippen LogP contribution is 2.51. The molecule has 4 heteroatoms. The molecule has 0 N–H and O–H groups in total. The first-order chi connectivity index (χ1) is 19.3.